The number of furan rings is 1. The van der Waals surface area contributed by atoms with Crippen LogP contribution in [0.15, 0.2) is 76.6 Å². The third-order valence-corrected chi connectivity index (χ3v) is 7.64. The lowest BCUT2D eigenvalue weighted by molar-refractivity contribution is -0.116. The van der Waals surface area contributed by atoms with Crippen molar-refractivity contribution in [2.24, 2.45) is 5.92 Å². The zero-order valence-electron chi connectivity index (χ0n) is 18.0. The Morgan fingerprint density at radius 1 is 1.09 bits per heavy atom. The Kier molecular flexibility index (Phi) is 6.62. The van der Waals surface area contributed by atoms with E-state index >= 15 is 0 Å². The molecule has 2 aromatic carbocycles. The van der Waals surface area contributed by atoms with Crippen molar-refractivity contribution < 1.29 is 22.4 Å². The van der Waals surface area contributed by atoms with Gasteiger partial charge in [-0.2, -0.15) is 4.31 Å². The van der Waals surface area contributed by atoms with Gasteiger partial charge in [-0.1, -0.05) is 24.8 Å². The first-order chi connectivity index (χ1) is 15.9. The van der Waals surface area contributed by atoms with Gasteiger partial charge in [-0.3, -0.25) is 9.59 Å². The molecule has 0 spiro atoms. The molecular weight excluding hydrogens is 442 g/mol. The molecule has 0 atom stereocenters. The minimum atomic E-state index is -3.64. The Bertz CT molecular complexity index is 1240. The molecule has 1 aliphatic heterocycles. The van der Waals surface area contributed by atoms with Crippen molar-refractivity contribution in [3.05, 3.63) is 73.0 Å². The number of rotatable bonds is 7. The van der Waals surface area contributed by atoms with Crippen LogP contribution >= 0.6 is 0 Å². The number of piperidine rings is 1. The van der Waals surface area contributed by atoms with Crippen LogP contribution in [0.4, 0.5) is 5.69 Å². The first-order valence-electron chi connectivity index (χ1n) is 10.7. The maximum Gasteiger partial charge on any atom is 0.291 e. The predicted octanol–water partition coefficient (Wildman–Crippen LogP) is 3.39. The average molecular weight is 468 g/mol. The van der Waals surface area contributed by atoms with Gasteiger partial charge in [0.25, 0.3) is 5.91 Å². The van der Waals surface area contributed by atoms with Gasteiger partial charge in [0.05, 0.1) is 4.90 Å². The number of benzene rings is 2. The average Bonchev–Trinajstić information content (AvgIpc) is 3.28. The van der Waals surface area contributed by atoms with E-state index in [1.807, 2.05) is 18.2 Å². The maximum atomic E-state index is 13.0. The van der Waals surface area contributed by atoms with Crippen molar-refractivity contribution in [3.8, 4) is 0 Å². The van der Waals surface area contributed by atoms with Crippen LogP contribution in [0.3, 0.4) is 0 Å². The van der Waals surface area contributed by atoms with E-state index in [4.69, 9.17) is 4.42 Å². The van der Waals surface area contributed by atoms with Crippen molar-refractivity contribution in [1.82, 2.24) is 9.62 Å². The van der Waals surface area contributed by atoms with Gasteiger partial charge in [0.15, 0.2) is 5.76 Å². The van der Waals surface area contributed by atoms with Crippen LogP contribution in [0.1, 0.15) is 23.4 Å². The topological polar surface area (TPSA) is 109 Å². The van der Waals surface area contributed by atoms with E-state index in [0.29, 0.717) is 43.7 Å². The van der Waals surface area contributed by atoms with Gasteiger partial charge in [-0.25, -0.2) is 8.42 Å². The largest absolute Gasteiger partial charge is 0.451 e. The third kappa shape index (κ3) is 5.15. The van der Waals surface area contributed by atoms with Crippen molar-refractivity contribution in [3.63, 3.8) is 0 Å². The molecule has 1 saturated heterocycles. The number of anilines is 1. The van der Waals surface area contributed by atoms with Crippen LogP contribution in [0, 0.1) is 5.92 Å². The fourth-order valence-electron chi connectivity index (χ4n) is 3.82. The van der Waals surface area contributed by atoms with Gasteiger partial charge in [0.1, 0.15) is 5.58 Å². The molecule has 33 heavy (non-hydrogen) atoms. The molecule has 2 heterocycles. The Morgan fingerprint density at radius 3 is 2.45 bits per heavy atom. The number of carbonyl (C=O) groups excluding carboxylic acids is 2. The SMILES string of the molecule is C=CC(=O)NCC1CCN(S(=O)(=O)c2ccc(NC(=O)c3cc4ccccc4o3)cc2)CC1. The molecule has 1 fully saturated rings. The molecule has 0 aliphatic carbocycles. The molecule has 0 radical (unpaired) electrons. The highest BCUT2D eigenvalue weighted by Gasteiger charge is 2.29. The highest BCUT2D eigenvalue weighted by molar-refractivity contribution is 7.89. The molecule has 4 rings (SSSR count). The Labute approximate surface area is 192 Å². The smallest absolute Gasteiger partial charge is 0.291 e. The Morgan fingerprint density at radius 2 is 1.79 bits per heavy atom. The monoisotopic (exact) mass is 467 g/mol. The molecule has 2 N–H and O–H groups in total. The van der Waals surface area contributed by atoms with Crippen LogP contribution in [0.25, 0.3) is 11.0 Å². The van der Waals surface area contributed by atoms with E-state index in [2.05, 4.69) is 17.2 Å². The molecule has 0 bridgehead atoms. The van der Waals surface area contributed by atoms with E-state index in [0.717, 1.165) is 5.39 Å². The van der Waals surface area contributed by atoms with Crippen molar-refractivity contribution >= 4 is 38.5 Å². The summed E-state index contributed by atoms with van der Waals surface area (Å²) in [4.78, 5) is 24.0. The highest BCUT2D eigenvalue weighted by Crippen LogP contribution is 2.25. The zero-order valence-corrected chi connectivity index (χ0v) is 18.8. The number of carbonyl (C=O) groups is 2. The minimum Gasteiger partial charge on any atom is -0.451 e. The number of nitrogens with one attached hydrogen (secondary N) is 2. The second-order valence-corrected chi connectivity index (χ2v) is 9.86. The number of hydrogen-bond acceptors (Lipinski definition) is 5. The van der Waals surface area contributed by atoms with Gasteiger partial charge in [0.2, 0.25) is 15.9 Å². The maximum absolute atomic E-state index is 13.0. The third-order valence-electron chi connectivity index (χ3n) is 5.72. The molecule has 9 heteroatoms. The number of hydrogen-bond donors (Lipinski definition) is 2. The summed E-state index contributed by atoms with van der Waals surface area (Å²) in [6.45, 7) is 4.71. The normalized spacial score (nSPS) is 15.3. The predicted molar refractivity (Wildman–Crippen MR) is 125 cm³/mol. The summed E-state index contributed by atoms with van der Waals surface area (Å²) in [5.41, 5.74) is 1.09. The zero-order chi connectivity index (χ0) is 23.4. The van der Waals surface area contributed by atoms with E-state index in [1.165, 1.54) is 22.5 Å². The van der Waals surface area contributed by atoms with Gasteiger partial charge >= 0.3 is 0 Å². The standard InChI is InChI=1S/C24H25N3O5S/c1-2-23(28)25-16-17-11-13-27(14-12-17)33(30,31)20-9-7-19(8-10-20)26-24(29)22-15-18-5-3-4-6-21(18)32-22/h2-10,15,17H,1,11-14,16H2,(H,25,28)(H,26,29). The van der Waals surface area contributed by atoms with E-state index < -0.39 is 15.9 Å². The lowest BCUT2D eigenvalue weighted by atomic mass is 9.98. The van der Waals surface area contributed by atoms with Crippen LogP contribution < -0.4 is 10.6 Å². The second kappa shape index (κ2) is 9.60. The quantitative estimate of drug-likeness (QED) is 0.518. The van der Waals surface area contributed by atoms with Gasteiger partial charge < -0.3 is 15.1 Å². The van der Waals surface area contributed by atoms with Crippen LogP contribution in [0.2, 0.25) is 0 Å². The molecule has 1 aromatic heterocycles. The summed E-state index contributed by atoms with van der Waals surface area (Å²) in [6, 6.07) is 15.1. The van der Waals surface area contributed by atoms with Gasteiger partial charge in [0, 0.05) is 30.7 Å². The lowest BCUT2D eigenvalue weighted by Gasteiger charge is -2.31. The Hall–Kier alpha value is -3.43. The van der Waals surface area contributed by atoms with Crippen LogP contribution in [-0.4, -0.2) is 44.2 Å². The van der Waals surface area contributed by atoms with Crippen molar-refractivity contribution in [2.45, 2.75) is 17.7 Å². The number of nitrogens with zero attached hydrogens (tertiary/aromatic N) is 1. The molecule has 3 aromatic rings. The molecule has 172 valence electrons. The summed E-state index contributed by atoms with van der Waals surface area (Å²) in [5.74, 6) is -0.221. The van der Waals surface area contributed by atoms with Crippen molar-refractivity contribution in [2.75, 3.05) is 25.0 Å². The number of sulfonamides is 1. The first kappa shape index (κ1) is 22.8. The van der Waals surface area contributed by atoms with E-state index in [9.17, 15) is 18.0 Å². The fourth-order valence-corrected chi connectivity index (χ4v) is 5.29. The van der Waals surface area contributed by atoms with Crippen molar-refractivity contribution in [1.29, 1.82) is 0 Å². The van der Waals surface area contributed by atoms with E-state index in [-0.39, 0.29) is 22.5 Å². The molecule has 0 unspecified atom stereocenters. The number of para-hydroxylation sites is 1. The molecule has 0 saturated carbocycles. The summed E-state index contributed by atoms with van der Waals surface area (Å²) in [5, 5.41) is 6.32. The minimum absolute atomic E-state index is 0.169. The molecule has 2 amide bonds. The summed E-state index contributed by atoms with van der Waals surface area (Å²) in [7, 11) is -3.64. The lowest BCUT2D eigenvalue weighted by Crippen LogP contribution is -2.41. The van der Waals surface area contributed by atoms with Gasteiger partial charge in [-0.05, 0) is 61.2 Å². The Balaban J connectivity index is 1.36. The second-order valence-electron chi connectivity index (χ2n) is 7.92. The van der Waals surface area contributed by atoms with E-state index in [1.54, 1.807) is 24.3 Å². The van der Waals surface area contributed by atoms with Gasteiger partial charge in [-0.15, -0.1) is 0 Å². The summed E-state index contributed by atoms with van der Waals surface area (Å²) >= 11 is 0. The summed E-state index contributed by atoms with van der Waals surface area (Å²) < 4.78 is 33.0. The summed E-state index contributed by atoms with van der Waals surface area (Å²) in [6.07, 6.45) is 2.56. The first-order valence-corrected chi connectivity index (χ1v) is 12.1. The number of amides is 2. The number of fused-ring (bicyclic) bond motifs is 1. The molecule has 8 nitrogen and oxygen atoms in total. The van der Waals surface area contributed by atoms with Crippen LogP contribution in [0.5, 0.6) is 0 Å². The van der Waals surface area contributed by atoms with Crippen LogP contribution in [-0.2, 0) is 14.8 Å². The fraction of sp³-hybridized carbons (Fsp3) is 0.250. The molecule has 1 aliphatic rings. The molecular formula is C24H25N3O5S. The highest BCUT2D eigenvalue weighted by atomic mass is 32.2.